The van der Waals surface area contributed by atoms with Gasteiger partial charge >= 0.3 is 0 Å². The van der Waals surface area contributed by atoms with Gasteiger partial charge in [-0.1, -0.05) is 6.07 Å². The number of hydrogen-bond donors (Lipinski definition) is 1. The first-order valence-electron chi connectivity index (χ1n) is 7.80. The molecule has 25 heavy (non-hydrogen) atoms. The summed E-state index contributed by atoms with van der Waals surface area (Å²) in [5, 5.41) is 14.6. The van der Waals surface area contributed by atoms with Crippen molar-refractivity contribution in [2.24, 2.45) is 0 Å². The molecular formula is C17H18N6O2. The molecule has 2 aromatic heterocycles. The Morgan fingerprint density at radius 3 is 2.60 bits per heavy atom. The first kappa shape index (κ1) is 16.6. The van der Waals surface area contributed by atoms with Crippen LogP contribution < -0.4 is 10.1 Å². The van der Waals surface area contributed by atoms with Gasteiger partial charge < -0.3 is 10.1 Å². The van der Waals surface area contributed by atoms with Gasteiger partial charge in [0.1, 0.15) is 25.0 Å². The summed E-state index contributed by atoms with van der Waals surface area (Å²) in [7, 11) is 0. The lowest BCUT2D eigenvalue weighted by Gasteiger charge is -2.09. The van der Waals surface area contributed by atoms with Crippen molar-refractivity contribution in [3.8, 4) is 11.6 Å². The van der Waals surface area contributed by atoms with Crippen molar-refractivity contribution in [2.45, 2.75) is 13.8 Å². The van der Waals surface area contributed by atoms with E-state index < -0.39 is 0 Å². The fourth-order valence-corrected chi connectivity index (χ4v) is 2.34. The highest BCUT2D eigenvalue weighted by molar-refractivity contribution is 5.92. The molecule has 1 N–H and O–H groups in total. The number of aryl methyl sites for hydroxylation is 2. The Balaban J connectivity index is 1.49. The third-order valence-electron chi connectivity index (χ3n) is 3.39. The lowest BCUT2D eigenvalue weighted by atomic mass is 10.1. The van der Waals surface area contributed by atoms with Crippen LogP contribution in [0.4, 0.5) is 0 Å². The number of amides is 1. The third kappa shape index (κ3) is 4.37. The predicted octanol–water partition coefficient (Wildman–Crippen LogP) is 1.48. The molecular weight excluding hydrogens is 320 g/mol. The number of nitrogens with one attached hydrogen (secondary N) is 1. The Hall–Kier alpha value is -3.29. The minimum atomic E-state index is -0.304. The van der Waals surface area contributed by atoms with Crippen molar-refractivity contribution in [1.82, 2.24) is 30.3 Å². The molecule has 3 rings (SSSR count). The average Bonchev–Trinajstić information content (AvgIpc) is 3.12. The topological polar surface area (TPSA) is 94.8 Å². The van der Waals surface area contributed by atoms with Gasteiger partial charge in [0.25, 0.3) is 5.91 Å². The van der Waals surface area contributed by atoms with E-state index in [0.29, 0.717) is 19.0 Å². The highest BCUT2D eigenvalue weighted by Gasteiger charge is 2.08. The van der Waals surface area contributed by atoms with Crippen LogP contribution in [0.15, 0.2) is 43.0 Å². The first-order chi connectivity index (χ1) is 12.1. The van der Waals surface area contributed by atoms with E-state index in [4.69, 9.17) is 4.74 Å². The third-order valence-corrected chi connectivity index (χ3v) is 3.39. The summed E-state index contributed by atoms with van der Waals surface area (Å²) in [5.74, 6) is 0.984. The van der Waals surface area contributed by atoms with Crippen molar-refractivity contribution in [3.63, 3.8) is 0 Å². The van der Waals surface area contributed by atoms with Crippen LogP contribution in [0.25, 0.3) is 5.82 Å². The van der Waals surface area contributed by atoms with Gasteiger partial charge in [0.05, 0.1) is 6.54 Å². The number of benzene rings is 1. The van der Waals surface area contributed by atoms with Gasteiger partial charge in [0, 0.05) is 0 Å². The average molecular weight is 338 g/mol. The molecule has 0 saturated carbocycles. The summed E-state index contributed by atoms with van der Waals surface area (Å²) in [6, 6.07) is 9.25. The molecule has 1 aromatic carbocycles. The molecule has 0 bridgehead atoms. The number of hydrogen-bond acceptors (Lipinski definition) is 6. The normalized spacial score (nSPS) is 10.5. The Kier molecular flexibility index (Phi) is 4.98. The Labute approximate surface area is 144 Å². The Morgan fingerprint density at radius 1 is 1.16 bits per heavy atom. The molecule has 8 heteroatoms. The molecule has 2 heterocycles. The summed E-state index contributed by atoms with van der Waals surface area (Å²) in [6.07, 6.45) is 2.91. The van der Waals surface area contributed by atoms with Crippen molar-refractivity contribution in [1.29, 1.82) is 0 Å². The minimum absolute atomic E-state index is 0.232. The van der Waals surface area contributed by atoms with E-state index in [-0.39, 0.29) is 11.6 Å². The maximum absolute atomic E-state index is 12.1. The zero-order chi connectivity index (χ0) is 17.6. The molecule has 0 spiro atoms. The van der Waals surface area contributed by atoms with Crippen molar-refractivity contribution in [3.05, 3.63) is 59.8 Å². The highest BCUT2D eigenvalue weighted by atomic mass is 16.5. The van der Waals surface area contributed by atoms with Crippen LogP contribution in [-0.4, -0.2) is 44.0 Å². The van der Waals surface area contributed by atoms with Crippen molar-refractivity contribution < 1.29 is 9.53 Å². The van der Waals surface area contributed by atoms with Crippen LogP contribution in [0.3, 0.4) is 0 Å². The lowest BCUT2D eigenvalue weighted by Crippen LogP contribution is -2.29. The Morgan fingerprint density at radius 2 is 1.96 bits per heavy atom. The molecule has 0 atom stereocenters. The van der Waals surface area contributed by atoms with E-state index in [2.05, 4.69) is 31.7 Å². The molecule has 8 nitrogen and oxygen atoms in total. The molecule has 0 aliphatic carbocycles. The summed E-state index contributed by atoms with van der Waals surface area (Å²) in [4.78, 5) is 15.9. The van der Waals surface area contributed by atoms with Crippen LogP contribution >= 0.6 is 0 Å². The van der Waals surface area contributed by atoms with Crippen molar-refractivity contribution >= 4 is 5.91 Å². The summed E-state index contributed by atoms with van der Waals surface area (Å²) in [6.45, 7) is 4.78. The van der Waals surface area contributed by atoms with Gasteiger partial charge in [0.2, 0.25) is 0 Å². The number of rotatable bonds is 6. The monoisotopic (exact) mass is 338 g/mol. The number of carbonyl (C=O) groups is 1. The molecule has 0 aliphatic rings. The summed E-state index contributed by atoms with van der Waals surface area (Å²) < 4.78 is 7.12. The number of nitrogens with zero attached hydrogens (tertiary/aromatic N) is 5. The first-order valence-corrected chi connectivity index (χ1v) is 7.80. The van der Waals surface area contributed by atoms with E-state index in [9.17, 15) is 4.79 Å². The quantitative estimate of drug-likeness (QED) is 0.684. The second-order valence-electron chi connectivity index (χ2n) is 5.54. The van der Waals surface area contributed by atoms with E-state index in [1.54, 1.807) is 12.1 Å². The van der Waals surface area contributed by atoms with Gasteiger partial charge in [-0.25, -0.2) is 9.67 Å². The summed E-state index contributed by atoms with van der Waals surface area (Å²) in [5.41, 5.74) is 2.51. The maximum Gasteiger partial charge on any atom is 0.271 e. The zero-order valence-corrected chi connectivity index (χ0v) is 14.0. The SMILES string of the molecule is Cc1cc(C)cc(OCCNC(=O)c2ccc(-n3cncn3)nn2)c1. The molecule has 3 aromatic rings. The lowest BCUT2D eigenvalue weighted by molar-refractivity contribution is 0.0941. The predicted molar refractivity (Wildman–Crippen MR) is 90.7 cm³/mol. The zero-order valence-electron chi connectivity index (χ0n) is 14.0. The number of carbonyl (C=O) groups excluding carboxylic acids is 1. The maximum atomic E-state index is 12.1. The van der Waals surface area contributed by atoms with Crippen molar-refractivity contribution in [2.75, 3.05) is 13.2 Å². The van der Waals surface area contributed by atoms with Crippen LogP contribution in [0.2, 0.25) is 0 Å². The molecule has 128 valence electrons. The largest absolute Gasteiger partial charge is 0.492 e. The highest BCUT2D eigenvalue weighted by Crippen LogP contribution is 2.15. The second kappa shape index (κ2) is 7.52. The molecule has 0 radical (unpaired) electrons. The number of ether oxygens (including phenoxy) is 1. The standard InChI is InChI=1S/C17H18N6O2/c1-12-7-13(2)9-14(8-12)25-6-5-19-17(24)15-3-4-16(22-21-15)23-11-18-10-20-23/h3-4,7-11H,5-6H2,1-2H3,(H,19,24). The minimum Gasteiger partial charge on any atom is -0.492 e. The van der Waals surface area contributed by atoms with E-state index in [1.807, 2.05) is 26.0 Å². The van der Waals surface area contributed by atoms with E-state index >= 15 is 0 Å². The van der Waals surface area contributed by atoms with Gasteiger partial charge in [0.15, 0.2) is 11.5 Å². The molecule has 0 aliphatic heterocycles. The smallest absolute Gasteiger partial charge is 0.271 e. The fraction of sp³-hybridized carbons (Fsp3) is 0.235. The Bertz CT molecular complexity index is 826. The van der Waals surface area contributed by atoms with Crippen LogP contribution in [0, 0.1) is 13.8 Å². The molecule has 0 saturated heterocycles. The second-order valence-corrected chi connectivity index (χ2v) is 5.54. The van der Waals surface area contributed by atoms with Gasteiger partial charge in [-0.15, -0.1) is 10.2 Å². The van der Waals surface area contributed by atoms with E-state index in [1.165, 1.54) is 17.3 Å². The van der Waals surface area contributed by atoms with Gasteiger partial charge in [-0.3, -0.25) is 4.79 Å². The fourth-order valence-electron chi connectivity index (χ4n) is 2.34. The summed E-state index contributed by atoms with van der Waals surface area (Å²) >= 11 is 0. The van der Waals surface area contributed by atoms with E-state index in [0.717, 1.165) is 16.9 Å². The van der Waals surface area contributed by atoms with Crippen LogP contribution in [0.1, 0.15) is 21.6 Å². The van der Waals surface area contributed by atoms with Gasteiger partial charge in [-0.05, 0) is 49.2 Å². The van der Waals surface area contributed by atoms with Crippen LogP contribution in [0.5, 0.6) is 5.75 Å². The molecule has 0 fully saturated rings. The van der Waals surface area contributed by atoms with Gasteiger partial charge in [-0.2, -0.15) is 5.10 Å². The molecule has 0 unspecified atom stereocenters. The number of aromatic nitrogens is 5. The molecule has 1 amide bonds. The van der Waals surface area contributed by atoms with Crippen LogP contribution in [-0.2, 0) is 0 Å².